The van der Waals surface area contributed by atoms with E-state index in [0.717, 1.165) is 57.7 Å². The molecule has 1 N–H and O–H groups in total. The van der Waals surface area contributed by atoms with Gasteiger partial charge < -0.3 is 15.1 Å². The molecule has 1 amide bonds. The molecule has 0 saturated carbocycles. The first-order valence-corrected chi connectivity index (χ1v) is 9.12. The van der Waals surface area contributed by atoms with Gasteiger partial charge in [-0.25, -0.2) is 0 Å². The zero-order valence-electron chi connectivity index (χ0n) is 14.9. The van der Waals surface area contributed by atoms with Crippen molar-refractivity contribution in [1.82, 2.24) is 20.0 Å². The van der Waals surface area contributed by atoms with Crippen molar-refractivity contribution in [3.63, 3.8) is 0 Å². The molecular formula is C19H30N4O. The fraction of sp³-hybridized carbons (Fsp3) is 0.632. The molecule has 2 unspecified atom stereocenters. The first-order valence-electron chi connectivity index (χ1n) is 9.12. The van der Waals surface area contributed by atoms with E-state index in [9.17, 15) is 4.79 Å². The highest BCUT2D eigenvalue weighted by Gasteiger charge is 2.34. The van der Waals surface area contributed by atoms with Crippen molar-refractivity contribution in [1.29, 1.82) is 0 Å². The van der Waals surface area contributed by atoms with Crippen molar-refractivity contribution in [2.24, 2.45) is 0 Å². The number of likely N-dealkylation sites (N-methyl/N-ethyl adjacent to an activating group) is 2. The molecule has 24 heavy (non-hydrogen) atoms. The molecule has 0 aromatic heterocycles. The highest BCUT2D eigenvalue weighted by molar-refractivity contribution is 5.83. The normalized spacial score (nSPS) is 24.8. The van der Waals surface area contributed by atoms with Crippen LogP contribution in [0.4, 0.5) is 0 Å². The second-order valence-electron chi connectivity index (χ2n) is 7.06. The van der Waals surface area contributed by atoms with Crippen molar-refractivity contribution in [3.8, 4) is 0 Å². The number of nitrogens with zero attached hydrogens (tertiary/aromatic N) is 3. The third-order valence-corrected chi connectivity index (χ3v) is 5.39. The maximum atomic E-state index is 13.4. The lowest BCUT2D eigenvalue weighted by atomic mass is 10.00. The minimum atomic E-state index is -0.143. The molecule has 0 aliphatic carbocycles. The number of piperazine rings is 1. The number of rotatable bonds is 4. The third-order valence-electron chi connectivity index (χ3n) is 5.39. The molecule has 1 aromatic rings. The van der Waals surface area contributed by atoms with Crippen LogP contribution in [-0.4, -0.2) is 80.0 Å². The monoisotopic (exact) mass is 330 g/mol. The standard InChI is InChI=1S/C19H30N4O/c1-20-17-9-6-10-23(15-17)19(24)18(16-7-4-3-5-8-16)22-13-11-21(2)12-14-22/h3-5,7-8,17-18,20H,6,9-15H2,1-2H3. The van der Waals surface area contributed by atoms with Crippen LogP contribution in [-0.2, 0) is 4.79 Å². The van der Waals surface area contributed by atoms with Gasteiger partial charge in [-0.15, -0.1) is 0 Å². The molecule has 0 spiro atoms. The number of amides is 1. The maximum Gasteiger partial charge on any atom is 0.244 e. The Morgan fingerprint density at radius 2 is 1.83 bits per heavy atom. The first-order chi connectivity index (χ1) is 11.7. The molecule has 5 heteroatoms. The van der Waals surface area contributed by atoms with Crippen molar-refractivity contribution in [2.75, 3.05) is 53.4 Å². The van der Waals surface area contributed by atoms with E-state index in [0.29, 0.717) is 6.04 Å². The lowest BCUT2D eigenvalue weighted by Gasteiger charge is -2.41. The minimum absolute atomic E-state index is 0.143. The lowest BCUT2D eigenvalue weighted by molar-refractivity contribution is -0.139. The Morgan fingerprint density at radius 3 is 2.50 bits per heavy atom. The molecular weight excluding hydrogens is 300 g/mol. The topological polar surface area (TPSA) is 38.8 Å². The highest BCUT2D eigenvalue weighted by atomic mass is 16.2. The maximum absolute atomic E-state index is 13.4. The van der Waals surface area contributed by atoms with Crippen LogP contribution in [0.25, 0.3) is 0 Å². The Balaban J connectivity index is 1.80. The number of nitrogens with one attached hydrogen (secondary N) is 1. The highest BCUT2D eigenvalue weighted by Crippen LogP contribution is 2.26. The van der Waals surface area contributed by atoms with E-state index < -0.39 is 0 Å². The molecule has 2 saturated heterocycles. The summed E-state index contributed by atoms with van der Waals surface area (Å²) in [5, 5.41) is 3.34. The van der Waals surface area contributed by atoms with E-state index in [4.69, 9.17) is 0 Å². The van der Waals surface area contributed by atoms with Gasteiger partial charge in [0.1, 0.15) is 6.04 Å². The first kappa shape index (κ1) is 17.4. The molecule has 2 heterocycles. The average molecular weight is 330 g/mol. The van der Waals surface area contributed by atoms with Gasteiger partial charge in [0.15, 0.2) is 0 Å². The largest absolute Gasteiger partial charge is 0.339 e. The molecule has 2 atom stereocenters. The van der Waals surface area contributed by atoms with Crippen molar-refractivity contribution in [3.05, 3.63) is 35.9 Å². The smallest absolute Gasteiger partial charge is 0.244 e. The number of benzene rings is 1. The fourth-order valence-electron chi connectivity index (χ4n) is 3.81. The van der Waals surface area contributed by atoms with Crippen LogP contribution < -0.4 is 5.32 Å². The SMILES string of the molecule is CNC1CCCN(C(=O)C(c2ccccc2)N2CCN(C)CC2)C1. The number of hydrogen-bond acceptors (Lipinski definition) is 4. The van der Waals surface area contributed by atoms with Crippen LogP contribution >= 0.6 is 0 Å². The molecule has 2 aliphatic rings. The summed E-state index contributed by atoms with van der Waals surface area (Å²) >= 11 is 0. The van der Waals surface area contributed by atoms with Crippen LogP contribution in [0.1, 0.15) is 24.4 Å². The van der Waals surface area contributed by atoms with E-state index >= 15 is 0 Å². The summed E-state index contributed by atoms with van der Waals surface area (Å²) in [6.45, 7) is 5.65. The Morgan fingerprint density at radius 1 is 1.12 bits per heavy atom. The van der Waals surface area contributed by atoms with Gasteiger partial charge in [-0.1, -0.05) is 30.3 Å². The second kappa shape index (κ2) is 8.10. The molecule has 5 nitrogen and oxygen atoms in total. The summed E-state index contributed by atoms with van der Waals surface area (Å²) in [5.41, 5.74) is 1.12. The van der Waals surface area contributed by atoms with Gasteiger partial charge >= 0.3 is 0 Å². The van der Waals surface area contributed by atoms with E-state index in [-0.39, 0.29) is 11.9 Å². The summed E-state index contributed by atoms with van der Waals surface area (Å²) < 4.78 is 0. The minimum Gasteiger partial charge on any atom is -0.339 e. The van der Waals surface area contributed by atoms with Gasteiger partial charge in [0.25, 0.3) is 0 Å². The Labute approximate surface area is 145 Å². The molecule has 3 rings (SSSR count). The lowest BCUT2D eigenvalue weighted by Crippen LogP contribution is -2.53. The van der Waals surface area contributed by atoms with Gasteiger partial charge in [0.05, 0.1) is 0 Å². The van der Waals surface area contributed by atoms with Crippen molar-refractivity contribution >= 4 is 5.91 Å². The van der Waals surface area contributed by atoms with Gasteiger partial charge in [0.2, 0.25) is 5.91 Å². The summed E-state index contributed by atoms with van der Waals surface area (Å²) in [7, 11) is 4.15. The van der Waals surface area contributed by atoms with Crippen LogP contribution in [0, 0.1) is 0 Å². The summed E-state index contributed by atoms with van der Waals surface area (Å²) in [6.07, 6.45) is 2.24. The Kier molecular flexibility index (Phi) is 5.87. The average Bonchev–Trinajstić information content (AvgIpc) is 2.64. The van der Waals surface area contributed by atoms with E-state index in [2.05, 4.69) is 39.2 Å². The molecule has 1 aromatic carbocycles. The molecule has 0 bridgehead atoms. The van der Waals surface area contributed by atoms with Crippen molar-refractivity contribution < 1.29 is 4.79 Å². The number of hydrogen-bond donors (Lipinski definition) is 1. The predicted molar refractivity (Wildman–Crippen MR) is 96.9 cm³/mol. The van der Waals surface area contributed by atoms with Gasteiger partial charge in [-0.3, -0.25) is 9.69 Å². The van der Waals surface area contributed by atoms with Crippen LogP contribution in [0.5, 0.6) is 0 Å². The number of carbonyl (C=O) groups excluding carboxylic acids is 1. The molecule has 0 radical (unpaired) electrons. The van der Waals surface area contributed by atoms with Gasteiger partial charge in [-0.05, 0) is 32.5 Å². The Hall–Kier alpha value is -1.43. The van der Waals surface area contributed by atoms with Gasteiger partial charge in [0, 0.05) is 45.3 Å². The summed E-state index contributed by atoms with van der Waals surface area (Å²) in [5.74, 6) is 0.269. The fourth-order valence-corrected chi connectivity index (χ4v) is 3.81. The van der Waals surface area contributed by atoms with Crippen molar-refractivity contribution in [2.45, 2.75) is 24.9 Å². The van der Waals surface area contributed by atoms with Crippen LogP contribution in [0.2, 0.25) is 0 Å². The number of piperidine rings is 1. The van der Waals surface area contributed by atoms with Gasteiger partial charge in [-0.2, -0.15) is 0 Å². The van der Waals surface area contributed by atoms with E-state index in [1.165, 1.54) is 0 Å². The number of likely N-dealkylation sites (tertiary alicyclic amines) is 1. The molecule has 2 fully saturated rings. The summed E-state index contributed by atoms with van der Waals surface area (Å²) in [4.78, 5) is 20.2. The number of carbonyl (C=O) groups is 1. The Bertz CT molecular complexity index is 527. The zero-order valence-corrected chi connectivity index (χ0v) is 14.9. The van der Waals surface area contributed by atoms with E-state index in [1.54, 1.807) is 0 Å². The second-order valence-corrected chi connectivity index (χ2v) is 7.06. The molecule has 2 aliphatic heterocycles. The predicted octanol–water partition coefficient (Wildman–Crippen LogP) is 1.19. The molecule has 132 valence electrons. The quantitative estimate of drug-likeness (QED) is 0.900. The summed E-state index contributed by atoms with van der Waals surface area (Å²) in [6, 6.07) is 10.6. The van der Waals surface area contributed by atoms with E-state index in [1.807, 2.05) is 25.2 Å². The zero-order chi connectivity index (χ0) is 16.9. The van der Waals surface area contributed by atoms with Crippen LogP contribution in [0.3, 0.4) is 0 Å². The third kappa shape index (κ3) is 3.97. The van der Waals surface area contributed by atoms with Crippen LogP contribution in [0.15, 0.2) is 30.3 Å².